The Bertz CT molecular complexity index is 1310. The molecule has 0 aliphatic carbocycles. The van der Waals surface area contributed by atoms with E-state index >= 15 is 0 Å². The van der Waals surface area contributed by atoms with Crippen molar-refractivity contribution < 1.29 is 14.3 Å². The van der Waals surface area contributed by atoms with E-state index < -0.39 is 6.04 Å². The summed E-state index contributed by atoms with van der Waals surface area (Å²) in [5, 5.41) is 5.97. The topological polar surface area (TPSA) is 92.7 Å². The van der Waals surface area contributed by atoms with Crippen LogP contribution >= 0.6 is 0 Å². The van der Waals surface area contributed by atoms with Crippen molar-refractivity contribution in [2.24, 2.45) is 5.92 Å². The standard InChI is InChI=1S/C29H32N4O4/c1-37-24-12-10-21(11-13-24)16-30-28(35)25(15-20-6-3-2-4-7-20)31-29(36)32-17-22-14-23(19-32)26-8-5-9-27(34)33(26)18-22/h2-13,22-23,25H,14-19H2,1H3,(H,30,35)(H,31,36)/t22-,23+,25-/m0/s1. The van der Waals surface area contributed by atoms with Gasteiger partial charge >= 0.3 is 6.03 Å². The van der Waals surface area contributed by atoms with Crippen LogP contribution in [0.3, 0.4) is 0 Å². The van der Waals surface area contributed by atoms with Crippen molar-refractivity contribution in [3.8, 4) is 5.75 Å². The van der Waals surface area contributed by atoms with Crippen LogP contribution in [0.1, 0.15) is 29.2 Å². The van der Waals surface area contributed by atoms with Gasteiger partial charge in [0, 0.05) is 50.3 Å². The molecule has 0 saturated carbocycles. The molecule has 2 aliphatic heterocycles. The molecule has 0 radical (unpaired) electrons. The molecule has 3 aromatic rings. The summed E-state index contributed by atoms with van der Waals surface area (Å²) >= 11 is 0. The van der Waals surface area contributed by atoms with E-state index in [0.717, 1.165) is 29.0 Å². The van der Waals surface area contributed by atoms with Gasteiger partial charge in [-0.2, -0.15) is 0 Å². The fourth-order valence-electron chi connectivity index (χ4n) is 5.42. The Balaban J connectivity index is 1.27. The van der Waals surface area contributed by atoms with Crippen molar-refractivity contribution >= 4 is 11.9 Å². The summed E-state index contributed by atoms with van der Waals surface area (Å²) < 4.78 is 7.04. The number of amides is 3. The summed E-state index contributed by atoms with van der Waals surface area (Å²) in [5.74, 6) is 0.849. The van der Waals surface area contributed by atoms with Crippen molar-refractivity contribution in [1.29, 1.82) is 0 Å². The van der Waals surface area contributed by atoms with Gasteiger partial charge in [0.05, 0.1) is 7.11 Å². The Labute approximate surface area is 216 Å². The number of urea groups is 1. The maximum atomic E-state index is 13.4. The fraction of sp³-hybridized carbons (Fsp3) is 0.345. The molecule has 8 heteroatoms. The van der Waals surface area contributed by atoms with Crippen LogP contribution < -0.4 is 20.9 Å². The molecule has 1 fully saturated rings. The highest BCUT2D eigenvalue weighted by atomic mass is 16.5. The van der Waals surface area contributed by atoms with Gasteiger partial charge in [0.1, 0.15) is 11.8 Å². The number of rotatable bonds is 7. The first-order chi connectivity index (χ1) is 18.0. The van der Waals surface area contributed by atoms with Crippen molar-refractivity contribution in [2.75, 3.05) is 20.2 Å². The molecule has 8 nitrogen and oxygen atoms in total. The van der Waals surface area contributed by atoms with Crippen LogP contribution in [0.25, 0.3) is 0 Å². The van der Waals surface area contributed by atoms with E-state index in [1.165, 1.54) is 0 Å². The van der Waals surface area contributed by atoms with Crippen LogP contribution in [0.15, 0.2) is 77.6 Å². The number of ether oxygens (including phenoxy) is 1. The zero-order valence-electron chi connectivity index (χ0n) is 20.9. The van der Waals surface area contributed by atoms with E-state index in [-0.39, 0.29) is 29.3 Å². The van der Waals surface area contributed by atoms with Crippen LogP contribution in [0.4, 0.5) is 4.79 Å². The summed E-state index contributed by atoms with van der Waals surface area (Å²) in [5.41, 5.74) is 2.91. The molecule has 37 heavy (non-hydrogen) atoms. The highest BCUT2D eigenvalue weighted by Gasteiger charge is 2.37. The maximum Gasteiger partial charge on any atom is 0.318 e. The average molecular weight is 501 g/mol. The maximum absolute atomic E-state index is 13.4. The number of piperidine rings is 1. The number of fused-ring (bicyclic) bond motifs is 4. The Morgan fingerprint density at radius 1 is 0.946 bits per heavy atom. The van der Waals surface area contributed by atoms with Crippen molar-refractivity contribution in [3.63, 3.8) is 0 Å². The highest BCUT2D eigenvalue weighted by Crippen LogP contribution is 2.34. The number of methoxy groups -OCH3 is 1. The average Bonchev–Trinajstić information content (AvgIpc) is 2.92. The van der Waals surface area contributed by atoms with Crippen molar-refractivity contribution in [1.82, 2.24) is 20.1 Å². The zero-order chi connectivity index (χ0) is 25.8. The van der Waals surface area contributed by atoms with Gasteiger partial charge in [-0.15, -0.1) is 0 Å². The van der Waals surface area contributed by atoms with Gasteiger partial charge in [-0.3, -0.25) is 9.59 Å². The van der Waals surface area contributed by atoms with E-state index in [4.69, 9.17) is 4.74 Å². The molecular weight excluding hydrogens is 468 g/mol. The van der Waals surface area contributed by atoms with Gasteiger partial charge < -0.3 is 24.8 Å². The molecule has 3 heterocycles. The largest absolute Gasteiger partial charge is 0.497 e. The van der Waals surface area contributed by atoms with Crippen LogP contribution in [0.2, 0.25) is 0 Å². The Morgan fingerprint density at radius 2 is 1.73 bits per heavy atom. The van der Waals surface area contributed by atoms with E-state index in [1.54, 1.807) is 24.1 Å². The van der Waals surface area contributed by atoms with Gasteiger partial charge in [0.2, 0.25) is 5.91 Å². The number of nitrogens with one attached hydrogen (secondary N) is 2. The zero-order valence-corrected chi connectivity index (χ0v) is 20.9. The summed E-state index contributed by atoms with van der Waals surface area (Å²) in [6, 6.07) is 21.6. The molecule has 0 unspecified atom stereocenters. The third-order valence-corrected chi connectivity index (χ3v) is 7.29. The summed E-state index contributed by atoms with van der Waals surface area (Å²) in [6.07, 6.45) is 1.35. The molecule has 1 aromatic heterocycles. The number of hydrogen-bond acceptors (Lipinski definition) is 4. The van der Waals surface area contributed by atoms with Crippen molar-refractivity contribution in [3.05, 3.63) is 100.0 Å². The second kappa shape index (κ2) is 10.9. The number of aromatic nitrogens is 1. The first-order valence-electron chi connectivity index (χ1n) is 12.7. The quantitative estimate of drug-likeness (QED) is 0.522. The van der Waals surface area contributed by atoms with Gasteiger partial charge in [-0.1, -0.05) is 48.5 Å². The molecule has 1 saturated heterocycles. The van der Waals surface area contributed by atoms with Gasteiger partial charge in [-0.25, -0.2) is 4.79 Å². The first-order valence-corrected chi connectivity index (χ1v) is 12.7. The highest BCUT2D eigenvalue weighted by molar-refractivity contribution is 5.87. The number of pyridine rings is 1. The minimum atomic E-state index is -0.718. The summed E-state index contributed by atoms with van der Waals surface area (Å²) in [7, 11) is 1.61. The summed E-state index contributed by atoms with van der Waals surface area (Å²) in [4.78, 5) is 40.8. The lowest BCUT2D eigenvalue weighted by Crippen LogP contribution is -2.56. The first kappa shape index (κ1) is 24.6. The monoisotopic (exact) mass is 500 g/mol. The molecule has 192 valence electrons. The number of carbonyl (C=O) groups excluding carboxylic acids is 2. The fourth-order valence-corrected chi connectivity index (χ4v) is 5.42. The molecule has 2 aromatic carbocycles. The molecule has 0 spiro atoms. The van der Waals surface area contributed by atoms with Gasteiger partial charge in [-0.05, 0) is 41.7 Å². The molecule has 3 amide bonds. The van der Waals surface area contributed by atoms with Crippen LogP contribution in [-0.2, 0) is 24.3 Å². The predicted octanol–water partition coefficient (Wildman–Crippen LogP) is 2.91. The molecule has 2 N–H and O–H groups in total. The van der Waals surface area contributed by atoms with E-state index in [0.29, 0.717) is 32.6 Å². The second-order valence-corrected chi connectivity index (χ2v) is 9.86. The number of benzene rings is 2. The second-order valence-electron chi connectivity index (χ2n) is 9.86. The van der Waals surface area contributed by atoms with Crippen LogP contribution in [0.5, 0.6) is 5.75 Å². The molecule has 3 atom stereocenters. The van der Waals surface area contributed by atoms with Crippen LogP contribution in [0, 0.1) is 5.92 Å². The molecule has 2 bridgehead atoms. The third kappa shape index (κ3) is 5.69. The Morgan fingerprint density at radius 3 is 2.49 bits per heavy atom. The van der Waals surface area contributed by atoms with E-state index in [1.807, 2.05) is 65.2 Å². The SMILES string of the molecule is COc1ccc(CNC(=O)[C@H](Cc2ccccc2)NC(=O)N2C[C@@H]3C[C@H](C2)c2cccc(=O)n2C3)cc1. The van der Waals surface area contributed by atoms with Crippen molar-refractivity contribution in [2.45, 2.75) is 37.9 Å². The molecule has 2 aliphatic rings. The Hall–Kier alpha value is -4.07. The van der Waals surface area contributed by atoms with E-state index in [9.17, 15) is 14.4 Å². The smallest absolute Gasteiger partial charge is 0.318 e. The number of nitrogens with zero attached hydrogens (tertiary/aromatic N) is 2. The third-order valence-electron chi connectivity index (χ3n) is 7.29. The number of carbonyl (C=O) groups is 2. The lowest BCUT2D eigenvalue weighted by Gasteiger charge is -2.43. The minimum absolute atomic E-state index is 0.0153. The van der Waals surface area contributed by atoms with Gasteiger partial charge in [0.25, 0.3) is 5.56 Å². The lowest BCUT2D eigenvalue weighted by molar-refractivity contribution is -0.123. The predicted molar refractivity (Wildman–Crippen MR) is 140 cm³/mol. The Kier molecular flexibility index (Phi) is 7.25. The molecular formula is C29H32N4O4. The normalized spacial score (nSPS) is 18.9. The van der Waals surface area contributed by atoms with Crippen LogP contribution in [-0.4, -0.2) is 47.6 Å². The molecule has 5 rings (SSSR count). The number of hydrogen-bond donors (Lipinski definition) is 2. The van der Waals surface area contributed by atoms with Gasteiger partial charge in [0.15, 0.2) is 0 Å². The van der Waals surface area contributed by atoms with E-state index in [2.05, 4.69) is 10.6 Å². The lowest BCUT2D eigenvalue weighted by atomic mass is 9.83. The summed E-state index contributed by atoms with van der Waals surface area (Å²) in [6.45, 7) is 2.06. The number of likely N-dealkylation sites (tertiary alicyclic amines) is 1. The minimum Gasteiger partial charge on any atom is -0.497 e.